The molecule has 4 heteroatoms. The summed E-state index contributed by atoms with van der Waals surface area (Å²) in [5.74, 6) is 3.55. The topological polar surface area (TPSA) is 49.4 Å². The molecule has 5 rings (SSSR count). The molecule has 1 heterocycles. The highest BCUT2D eigenvalue weighted by molar-refractivity contribution is 5.85. The summed E-state index contributed by atoms with van der Waals surface area (Å²) >= 11 is 0. The molecule has 0 atom stereocenters. The maximum atomic E-state index is 12.5. The van der Waals surface area contributed by atoms with E-state index in [-0.39, 0.29) is 23.8 Å². The number of rotatable bonds is 4. The van der Waals surface area contributed by atoms with Crippen LogP contribution in [-0.4, -0.2) is 36.3 Å². The summed E-state index contributed by atoms with van der Waals surface area (Å²) in [5.41, 5.74) is 0.266. The second-order valence-corrected chi connectivity index (χ2v) is 9.43. The van der Waals surface area contributed by atoms with Crippen molar-refractivity contribution in [2.75, 3.05) is 19.6 Å². The van der Waals surface area contributed by atoms with Crippen molar-refractivity contribution in [1.82, 2.24) is 10.2 Å². The first-order valence-electron chi connectivity index (χ1n) is 10.1. The van der Waals surface area contributed by atoms with Gasteiger partial charge in [-0.2, -0.15) is 0 Å². The van der Waals surface area contributed by atoms with Gasteiger partial charge >= 0.3 is 0 Å². The average Bonchev–Trinajstić information content (AvgIpc) is 2.51. The van der Waals surface area contributed by atoms with Crippen LogP contribution in [0.3, 0.4) is 0 Å². The predicted molar refractivity (Wildman–Crippen MR) is 93.2 cm³/mol. The van der Waals surface area contributed by atoms with E-state index in [0.29, 0.717) is 6.42 Å². The predicted octanol–water partition coefficient (Wildman–Crippen LogP) is 2.97. The third-order valence-electron chi connectivity index (χ3n) is 7.27. The Morgan fingerprint density at radius 3 is 2.08 bits per heavy atom. The number of piperidine rings is 1. The van der Waals surface area contributed by atoms with Crippen molar-refractivity contribution in [3.63, 3.8) is 0 Å². The van der Waals surface area contributed by atoms with Gasteiger partial charge < -0.3 is 10.2 Å². The third-order valence-corrected chi connectivity index (χ3v) is 7.27. The monoisotopic (exact) mass is 332 g/mol. The molecule has 134 valence electrons. The van der Waals surface area contributed by atoms with E-state index in [4.69, 9.17) is 0 Å². The summed E-state index contributed by atoms with van der Waals surface area (Å²) in [6, 6.07) is 0. The van der Waals surface area contributed by atoms with Crippen LogP contribution in [0.4, 0.5) is 0 Å². The summed E-state index contributed by atoms with van der Waals surface area (Å²) in [5, 5.41) is 2.94. The average molecular weight is 332 g/mol. The number of amides is 2. The van der Waals surface area contributed by atoms with Gasteiger partial charge in [-0.3, -0.25) is 9.59 Å². The molecule has 2 amide bonds. The van der Waals surface area contributed by atoms with Gasteiger partial charge in [0.1, 0.15) is 0 Å². The normalized spacial score (nSPS) is 38.4. The standard InChI is InChI=1S/C20H32N2O2/c1-14-2-4-22(5-3-14)19(24)13-21-18(23)12-20-9-15-6-16(10-20)8-17(7-15)11-20/h14-17H,2-13H2,1H3,(H,21,23). The smallest absolute Gasteiger partial charge is 0.241 e. The van der Waals surface area contributed by atoms with E-state index >= 15 is 0 Å². The Balaban J connectivity index is 1.26. The molecule has 0 unspecified atom stereocenters. The van der Waals surface area contributed by atoms with E-state index in [0.717, 1.165) is 49.6 Å². The van der Waals surface area contributed by atoms with Gasteiger partial charge in [0.2, 0.25) is 11.8 Å². The summed E-state index contributed by atoms with van der Waals surface area (Å²) < 4.78 is 0. The van der Waals surface area contributed by atoms with Crippen molar-refractivity contribution in [2.24, 2.45) is 29.1 Å². The van der Waals surface area contributed by atoms with Crippen LogP contribution in [0, 0.1) is 29.1 Å². The van der Waals surface area contributed by atoms with Gasteiger partial charge in [0, 0.05) is 19.5 Å². The van der Waals surface area contributed by atoms with Crippen molar-refractivity contribution < 1.29 is 9.59 Å². The SMILES string of the molecule is CC1CCN(C(=O)CNC(=O)CC23CC4CC(CC(C4)C2)C3)CC1. The lowest BCUT2D eigenvalue weighted by Crippen LogP contribution is -2.49. The van der Waals surface area contributed by atoms with E-state index in [9.17, 15) is 9.59 Å². The fourth-order valence-corrected chi connectivity index (χ4v) is 6.45. The molecule has 5 aliphatic rings. The first-order chi connectivity index (χ1) is 11.5. The molecular weight excluding hydrogens is 300 g/mol. The lowest BCUT2D eigenvalue weighted by Gasteiger charge is -2.56. The van der Waals surface area contributed by atoms with Crippen LogP contribution in [-0.2, 0) is 9.59 Å². The Morgan fingerprint density at radius 2 is 1.54 bits per heavy atom. The molecule has 1 saturated heterocycles. The number of hydrogen-bond donors (Lipinski definition) is 1. The molecule has 4 aliphatic carbocycles. The molecule has 4 nitrogen and oxygen atoms in total. The Hall–Kier alpha value is -1.06. The van der Waals surface area contributed by atoms with Crippen molar-refractivity contribution in [1.29, 1.82) is 0 Å². The Labute approximate surface area is 145 Å². The Morgan fingerprint density at radius 1 is 1.00 bits per heavy atom. The summed E-state index contributed by atoms with van der Waals surface area (Å²) in [6.07, 6.45) is 10.8. The van der Waals surface area contributed by atoms with Gasteiger partial charge in [0.15, 0.2) is 0 Å². The Bertz CT molecular complexity index is 472. The minimum Gasteiger partial charge on any atom is -0.347 e. The lowest BCUT2D eigenvalue weighted by atomic mass is 9.49. The van der Waals surface area contributed by atoms with E-state index in [2.05, 4.69) is 12.2 Å². The van der Waals surface area contributed by atoms with Gasteiger partial charge in [0.05, 0.1) is 6.54 Å². The number of nitrogens with zero attached hydrogens (tertiary/aromatic N) is 1. The maximum absolute atomic E-state index is 12.5. The first kappa shape index (κ1) is 16.4. The van der Waals surface area contributed by atoms with Crippen molar-refractivity contribution in [3.8, 4) is 0 Å². The minimum atomic E-state index is 0.0979. The van der Waals surface area contributed by atoms with Gasteiger partial charge in [-0.1, -0.05) is 6.92 Å². The minimum absolute atomic E-state index is 0.0979. The fraction of sp³-hybridized carbons (Fsp3) is 0.900. The van der Waals surface area contributed by atoms with Crippen LogP contribution in [0.5, 0.6) is 0 Å². The van der Waals surface area contributed by atoms with E-state index in [1.165, 1.54) is 38.5 Å². The van der Waals surface area contributed by atoms with Crippen LogP contribution >= 0.6 is 0 Å². The Kier molecular flexibility index (Phi) is 4.34. The lowest BCUT2D eigenvalue weighted by molar-refractivity contribution is -0.136. The molecule has 0 aromatic carbocycles. The van der Waals surface area contributed by atoms with Gasteiger partial charge in [-0.15, -0.1) is 0 Å². The number of nitrogens with one attached hydrogen (secondary N) is 1. The molecule has 4 saturated carbocycles. The third kappa shape index (κ3) is 3.34. The highest BCUT2D eigenvalue weighted by Gasteiger charge is 2.51. The second-order valence-electron chi connectivity index (χ2n) is 9.43. The highest BCUT2D eigenvalue weighted by atomic mass is 16.2. The molecule has 5 fully saturated rings. The maximum Gasteiger partial charge on any atom is 0.241 e. The zero-order valence-electron chi connectivity index (χ0n) is 15.1. The van der Waals surface area contributed by atoms with E-state index in [1.54, 1.807) is 0 Å². The first-order valence-corrected chi connectivity index (χ1v) is 10.1. The highest BCUT2D eigenvalue weighted by Crippen LogP contribution is 2.61. The molecule has 4 bridgehead atoms. The van der Waals surface area contributed by atoms with Gasteiger partial charge in [0.25, 0.3) is 0 Å². The molecule has 0 aromatic rings. The van der Waals surface area contributed by atoms with Gasteiger partial charge in [-0.05, 0) is 80.5 Å². The molecule has 0 radical (unpaired) electrons. The molecule has 1 aliphatic heterocycles. The fourth-order valence-electron chi connectivity index (χ4n) is 6.45. The van der Waals surface area contributed by atoms with Crippen LogP contribution in [0.25, 0.3) is 0 Å². The van der Waals surface area contributed by atoms with Crippen LogP contribution in [0.2, 0.25) is 0 Å². The van der Waals surface area contributed by atoms with Crippen LogP contribution in [0.1, 0.15) is 64.7 Å². The molecule has 0 spiro atoms. The quantitative estimate of drug-likeness (QED) is 0.860. The molecule has 0 aromatic heterocycles. The van der Waals surface area contributed by atoms with Crippen LogP contribution in [0.15, 0.2) is 0 Å². The summed E-state index contributed by atoms with van der Waals surface area (Å²) in [4.78, 5) is 26.7. The summed E-state index contributed by atoms with van der Waals surface area (Å²) in [6.45, 7) is 4.14. The summed E-state index contributed by atoms with van der Waals surface area (Å²) in [7, 11) is 0. The van der Waals surface area contributed by atoms with Gasteiger partial charge in [-0.25, -0.2) is 0 Å². The second kappa shape index (κ2) is 6.34. The molecule has 1 N–H and O–H groups in total. The number of carbonyl (C=O) groups is 2. The van der Waals surface area contributed by atoms with E-state index in [1.807, 2.05) is 4.90 Å². The van der Waals surface area contributed by atoms with Crippen molar-refractivity contribution in [2.45, 2.75) is 64.7 Å². The number of likely N-dealkylation sites (tertiary alicyclic amines) is 1. The largest absolute Gasteiger partial charge is 0.347 e. The zero-order valence-corrected chi connectivity index (χ0v) is 15.1. The number of carbonyl (C=O) groups excluding carboxylic acids is 2. The van der Waals surface area contributed by atoms with E-state index < -0.39 is 0 Å². The van der Waals surface area contributed by atoms with Crippen LogP contribution < -0.4 is 5.32 Å². The molecular formula is C20H32N2O2. The molecule has 24 heavy (non-hydrogen) atoms. The van der Waals surface area contributed by atoms with Crippen molar-refractivity contribution in [3.05, 3.63) is 0 Å². The number of hydrogen-bond acceptors (Lipinski definition) is 2. The zero-order chi connectivity index (χ0) is 16.7. The van der Waals surface area contributed by atoms with Crippen molar-refractivity contribution >= 4 is 11.8 Å².